The van der Waals surface area contributed by atoms with E-state index in [9.17, 15) is 13.6 Å². The molecule has 0 saturated carbocycles. The van der Waals surface area contributed by atoms with Crippen molar-refractivity contribution in [3.8, 4) is 0 Å². The maximum atomic E-state index is 14.7. The van der Waals surface area contributed by atoms with E-state index in [4.69, 9.17) is 4.84 Å². The highest BCUT2D eigenvalue weighted by Crippen LogP contribution is 2.20. The van der Waals surface area contributed by atoms with E-state index in [2.05, 4.69) is 10.5 Å². The van der Waals surface area contributed by atoms with Gasteiger partial charge in [0.2, 0.25) is 0 Å². The van der Waals surface area contributed by atoms with Gasteiger partial charge in [0, 0.05) is 29.5 Å². The smallest absolute Gasteiger partial charge is 0.251 e. The summed E-state index contributed by atoms with van der Waals surface area (Å²) in [6, 6.07) is 15.7. The Balaban J connectivity index is 1.76. The van der Waals surface area contributed by atoms with Gasteiger partial charge in [-0.3, -0.25) is 4.79 Å². The van der Waals surface area contributed by atoms with Gasteiger partial charge >= 0.3 is 0 Å². The van der Waals surface area contributed by atoms with Crippen molar-refractivity contribution in [2.45, 2.75) is 31.9 Å². The zero-order valence-corrected chi connectivity index (χ0v) is 17.8. The summed E-state index contributed by atoms with van der Waals surface area (Å²) >= 11 is 0. The van der Waals surface area contributed by atoms with Crippen molar-refractivity contribution in [1.29, 1.82) is 0 Å². The fraction of sp³-hybridized carbons (Fsp3) is 0.280. The number of benzene rings is 2. The summed E-state index contributed by atoms with van der Waals surface area (Å²) in [7, 11) is 0. The third kappa shape index (κ3) is 4.94. The quantitative estimate of drug-likeness (QED) is 0.463. The molecule has 32 heavy (non-hydrogen) atoms. The minimum Gasteiger partial charge on any atom is -0.392 e. The molecule has 1 aromatic heterocycles. The summed E-state index contributed by atoms with van der Waals surface area (Å²) in [6.07, 6.45) is 3.12. The van der Waals surface area contributed by atoms with E-state index in [0.29, 0.717) is 5.56 Å². The van der Waals surface area contributed by atoms with Crippen molar-refractivity contribution in [3.05, 3.63) is 106 Å². The highest BCUT2D eigenvalue weighted by atomic mass is 19.1. The molecule has 1 N–H and O–H groups in total. The third-order valence-electron chi connectivity index (χ3n) is 5.68. The third-order valence-corrected chi connectivity index (χ3v) is 5.68. The molecule has 0 spiro atoms. The van der Waals surface area contributed by atoms with Gasteiger partial charge in [-0.2, -0.15) is 0 Å². The van der Waals surface area contributed by atoms with Crippen molar-refractivity contribution < 1.29 is 13.6 Å². The number of halogens is 2. The molecule has 166 valence electrons. The Bertz CT molecular complexity index is 1160. The van der Waals surface area contributed by atoms with Gasteiger partial charge in [0.15, 0.2) is 0 Å². The lowest BCUT2D eigenvalue weighted by molar-refractivity contribution is 0.0378. The SMILES string of the molecule is CC(c1ccccc1)n1cc(/C(=N/OC2CCNCC2)c2ccc(F)cc2F)ccc1=O. The van der Waals surface area contributed by atoms with Crippen molar-refractivity contribution in [2.24, 2.45) is 5.16 Å². The molecule has 2 aromatic carbocycles. The lowest BCUT2D eigenvalue weighted by Gasteiger charge is -2.21. The van der Waals surface area contributed by atoms with E-state index in [0.717, 1.165) is 37.6 Å². The van der Waals surface area contributed by atoms with Crippen molar-refractivity contribution in [2.75, 3.05) is 13.1 Å². The van der Waals surface area contributed by atoms with Crippen molar-refractivity contribution in [3.63, 3.8) is 0 Å². The van der Waals surface area contributed by atoms with E-state index in [1.165, 1.54) is 18.2 Å². The van der Waals surface area contributed by atoms with Gasteiger partial charge in [-0.15, -0.1) is 0 Å². The predicted molar refractivity (Wildman–Crippen MR) is 120 cm³/mol. The molecule has 1 unspecified atom stereocenters. The highest BCUT2D eigenvalue weighted by Gasteiger charge is 2.19. The Morgan fingerprint density at radius 2 is 1.84 bits per heavy atom. The monoisotopic (exact) mass is 437 g/mol. The Kier molecular flexibility index (Phi) is 6.75. The Labute approximate surface area is 185 Å². The first-order valence-electron chi connectivity index (χ1n) is 10.7. The number of nitrogens with zero attached hydrogens (tertiary/aromatic N) is 2. The zero-order valence-electron chi connectivity index (χ0n) is 17.8. The Morgan fingerprint density at radius 3 is 2.56 bits per heavy atom. The standard InChI is InChI=1S/C25H25F2N3O2/c1-17(18-5-3-2-4-6-18)30-16-19(7-10-24(30)31)25(22-9-8-20(26)15-23(22)27)29-32-21-11-13-28-14-12-21/h2-10,15-17,21,28H,11-14H2,1H3/b29-25-. The number of oxime groups is 1. The average molecular weight is 437 g/mol. The van der Waals surface area contributed by atoms with Crippen LogP contribution >= 0.6 is 0 Å². The lowest BCUT2D eigenvalue weighted by atomic mass is 10.0. The molecule has 5 nitrogen and oxygen atoms in total. The zero-order chi connectivity index (χ0) is 22.5. The number of piperidine rings is 1. The minimum atomic E-state index is -0.744. The Morgan fingerprint density at radius 1 is 1.09 bits per heavy atom. The first kappa shape index (κ1) is 21.9. The molecule has 4 rings (SSSR count). The van der Waals surface area contributed by atoms with Gasteiger partial charge in [0.25, 0.3) is 5.56 Å². The molecular formula is C25H25F2N3O2. The second-order valence-corrected chi connectivity index (χ2v) is 7.87. The molecule has 1 fully saturated rings. The van der Waals surface area contributed by atoms with Crippen LogP contribution in [-0.4, -0.2) is 29.5 Å². The van der Waals surface area contributed by atoms with Crippen LogP contribution in [0, 0.1) is 11.6 Å². The molecule has 3 aromatic rings. The van der Waals surface area contributed by atoms with E-state index in [1.807, 2.05) is 37.3 Å². The van der Waals surface area contributed by atoms with Crippen LogP contribution in [0.4, 0.5) is 8.78 Å². The fourth-order valence-electron chi connectivity index (χ4n) is 3.81. The van der Waals surface area contributed by atoms with Crippen LogP contribution in [-0.2, 0) is 4.84 Å². The second-order valence-electron chi connectivity index (χ2n) is 7.87. The molecule has 0 bridgehead atoms. The molecule has 1 aliphatic rings. The van der Waals surface area contributed by atoms with Crippen LogP contribution in [0.3, 0.4) is 0 Å². The summed E-state index contributed by atoms with van der Waals surface area (Å²) in [5.41, 5.74) is 1.60. The number of rotatable bonds is 6. The van der Waals surface area contributed by atoms with Crippen LogP contribution in [0.15, 0.2) is 76.8 Å². The van der Waals surface area contributed by atoms with E-state index >= 15 is 0 Å². The topological polar surface area (TPSA) is 55.6 Å². The molecule has 0 amide bonds. The van der Waals surface area contributed by atoms with Crippen LogP contribution in [0.2, 0.25) is 0 Å². The predicted octanol–water partition coefficient (Wildman–Crippen LogP) is 4.26. The van der Waals surface area contributed by atoms with Gasteiger partial charge in [0.1, 0.15) is 23.5 Å². The molecule has 1 saturated heterocycles. The molecule has 7 heteroatoms. The second kappa shape index (κ2) is 9.87. The molecule has 1 atom stereocenters. The number of nitrogens with one attached hydrogen (secondary N) is 1. The van der Waals surface area contributed by atoms with Gasteiger partial charge < -0.3 is 14.7 Å². The maximum absolute atomic E-state index is 14.7. The average Bonchev–Trinajstić information content (AvgIpc) is 2.82. The van der Waals surface area contributed by atoms with Gasteiger partial charge in [-0.1, -0.05) is 35.5 Å². The summed E-state index contributed by atoms with van der Waals surface area (Å²) in [4.78, 5) is 18.4. The van der Waals surface area contributed by atoms with Crippen LogP contribution < -0.4 is 10.9 Å². The number of hydrogen-bond donors (Lipinski definition) is 1. The maximum Gasteiger partial charge on any atom is 0.251 e. The minimum absolute atomic E-state index is 0.0936. The van der Waals surface area contributed by atoms with Crippen molar-refractivity contribution in [1.82, 2.24) is 9.88 Å². The van der Waals surface area contributed by atoms with Gasteiger partial charge in [-0.05, 0) is 56.6 Å². The molecule has 0 radical (unpaired) electrons. The van der Waals surface area contributed by atoms with Crippen LogP contribution in [0.1, 0.15) is 42.5 Å². The Hall–Kier alpha value is -3.32. The number of hydrogen-bond acceptors (Lipinski definition) is 4. The first-order valence-corrected chi connectivity index (χ1v) is 10.7. The van der Waals surface area contributed by atoms with Crippen molar-refractivity contribution >= 4 is 5.71 Å². The lowest BCUT2D eigenvalue weighted by Crippen LogP contribution is -2.32. The molecular weight excluding hydrogens is 412 g/mol. The van der Waals surface area contributed by atoms with E-state index in [1.54, 1.807) is 16.8 Å². The fourth-order valence-corrected chi connectivity index (χ4v) is 3.81. The molecule has 2 heterocycles. The van der Waals surface area contributed by atoms with E-state index < -0.39 is 11.6 Å². The van der Waals surface area contributed by atoms with Crippen LogP contribution in [0.5, 0.6) is 0 Å². The summed E-state index contributed by atoms with van der Waals surface area (Å²) in [6.45, 7) is 3.56. The van der Waals surface area contributed by atoms with Gasteiger partial charge in [0.05, 0.1) is 6.04 Å². The highest BCUT2D eigenvalue weighted by molar-refractivity contribution is 6.12. The number of aromatic nitrogens is 1. The molecule has 0 aliphatic carbocycles. The van der Waals surface area contributed by atoms with Gasteiger partial charge in [-0.25, -0.2) is 8.78 Å². The normalized spacial score (nSPS) is 16.0. The number of pyridine rings is 1. The van der Waals surface area contributed by atoms with E-state index in [-0.39, 0.29) is 29.0 Å². The summed E-state index contributed by atoms with van der Waals surface area (Å²) in [5.74, 6) is -1.42. The first-order chi connectivity index (χ1) is 15.5. The largest absolute Gasteiger partial charge is 0.392 e. The summed E-state index contributed by atoms with van der Waals surface area (Å²) < 4.78 is 29.8. The van der Waals surface area contributed by atoms with Crippen LogP contribution in [0.25, 0.3) is 0 Å². The molecule has 1 aliphatic heterocycles. The summed E-state index contributed by atoms with van der Waals surface area (Å²) in [5, 5.41) is 7.55.